The summed E-state index contributed by atoms with van der Waals surface area (Å²) in [4.78, 5) is -1.28. The molecule has 0 saturated heterocycles. The summed E-state index contributed by atoms with van der Waals surface area (Å²) < 4.78 is 98.0. The number of rotatable bonds is 9. The Morgan fingerprint density at radius 2 is 0.860 bits per heavy atom. The molecular formula is C26H21N5O9S3. The van der Waals surface area contributed by atoms with Gasteiger partial charge in [0.15, 0.2) is 0 Å². The third kappa shape index (κ3) is 8.44. The van der Waals surface area contributed by atoms with Gasteiger partial charge < -0.3 is 5.73 Å². The molecule has 222 valence electrons. The Morgan fingerprint density at radius 3 is 1.30 bits per heavy atom. The Hall–Kier alpha value is -4.65. The van der Waals surface area contributed by atoms with Crippen molar-refractivity contribution in [2.24, 2.45) is 20.5 Å². The smallest absolute Gasteiger partial charge is 0.295 e. The molecule has 0 fully saturated rings. The summed E-state index contributed by atoms with van der Waals surface area (Å²) in [7, 11) is -13.7. The fourth-order valence-corrected chi connectivity index (χ4v) is 5.44. The van der Waals surface area contributed by atoms with Gasteiger partial charge in [0, 0.05) is 5.69 Å². The molecule has 0 aromatic heterocycles. The Bertz CT molecular complexity index is 2090. The molecule has 17 heteroatoms. The topological polar surface area (TPSA) is 239 Å². The predicted molar refractivity (Wildman–Crippen MR) is 157 cm³/mol. The highest BCUT2D eigenvalue weighted by molar-refractivity contribution is 7.86. The second kappa shape index (κ2) is 12.3. The third-order valence-electron chi connectivity index (χ3n) is 5.58. The molecule has 0 bridgehead atoms. The Kier molecular flexibility index (Phi) is 8.95. The lowest BCUT2D eigenvalue weighted by Gasteiger charge is -2.06. The van der Waals surface area contributed by atoms with Crippen LogP contribution in [0.4, 0.5) is 28.4 Å². The van der Waals surface area contributed by atoms with E-state index in [1.165, 1.54) is 60.7 Å². The van der Waals surface area contributed by atoms with E-state index in [0.29, 0.717) is 17.1 Å². The molecule has 0 spiro atoms. The average molecular weight is 644 g/mol. The molecule has 14 nitrogen and oxygen atoms in total. The largest absolute Gasteiger partial charge is 0.399 e. The lowest BCUT2D eigenvalue weighted by molar-refractivity contribution is 0.480. The van der Waals surface area contributed by atoms with Crippen molar-refractivity contribution in [3.05, 3.63) is 96.1 Å². The molecule has 0 aliphatic carbocycles. The minimum absolute atomic E-state index is 0.00176. The molecule has 43 heavy (non-hydrogen) atoms. The van der Waals surface area contributed by atoms with Crippen LogP contribution >= 0.6 is 0 Å². The molecule has 0 amide bonds. The Balaban J connectivity index is 1.53. The number of nitrogens with zero attached hydrogens (tertiary/aromatic N) is 4. The van der Waals surface area contributed by atoms with Gasteiger partial charge in [-0.1, -0.05) is 24.3 Å². The van der Waals surface area contributed by atoms with E-state index in [-0.39, 0.29) is 27.4 Å². The minimum Gasteiger partial charge on any atom is -0.399 e. The van der Waals surface area contributed by atoms with Crippen molar-refractivity contribution in [3.63, 3.8) is 0 Å². The summed E-state index contributed by atoms with van der Waals surface area (Å²) in [6, 6.07) is 18.9. The first kappa shape index (κ1) is 31.3. The minimum atomic E-state index is -4.74. The number of azo groups is 2. The molecular weight excluding hydrogens is 623 g/mol. The molecule has 0 aliphatic heterocycles. The molecule has 4 aromatic carbocycles. The monoisotopic (exact) mass is 643 g/mol. The second-order valence-corrected chi connectivity index (χ2v) is 12.9. The SMILES string of the molecule is Nc1ccc(/C=C/c2ccc(N=Nc3ccc(N=Nc4ccc(S(=O)(=O)O)cc4)cc3)cc2S(=O)(=O)O)c(S(=O)(=O)O)c1. The number of hydrogen-bond acceptors (Lipinski definition) is 11. The van der Waals surface area contributed by atoms with Crippen LogP contribution in [0.1, 0.15) is 11.1 Å². The van der Waals surface area contributed by atoms with Gasteiger partial charge in [-0.25, -0.2) is 0 Å². The van der Waals surface area contributed by atoms with Crippen LogP contribution in [0.3, 0.4) is 0 Å². The Morgan fingerprint density at radius 1 is 0.488 bits per heavy atom. The van der Waals surface area contributed by atoms with Crippen LogP contribution in [0.5, 0.6) is 0 Å². The number of nitrogen functional groups attached to an aromatic ring is 1. The van der Waals surface area contributed by atoms with Crippen molar-refractivity contribution < 1.29 is 38.9 Å². The summed E-state index contributed by atoms with van der Waals surface area (Å²) in [5.41, 5.74) is 6.93. The van der Waals surface area contributed by atoms with Crippen LogP contribution in [-0.2, 0) is 30.4 Å². The van der Waals surface area contributed by atoms with Gasteiger partial charge in [-0.3, -0.25) is 13.7 Å². The molecule has 0 unspecified atom stereocenters. The zero-order valence-electron chi connectivity index (χ0n) is 21.6. The van der Waals surface area contributed by atoms with E-state index in [9.17, 15) is 34.4 Å². The maximum atomic E-state index is 12.1. The zero-order chi connectivity index (χ0) is 31.4. The maximum Gasteiger partial charge on any atom is 0.295 e. The predicted octanol–water partition coefficient (Wildman–Crippen LogP) is 6.01. The summed E-state index contributed by atoms with van der Waals surface area (Å²) in [6.45, 7) is 0. The van der Waals surface area contributed by atoms with Crippen molar-refractivity contribution in [3.8, 4) is 0 Å². The first-order valence-corrected chi connectivity index (χ1v) is 16.1. The van der Waals surface area contributed by atoms with E-state index in [4.69, 9.17) is 10.3 Å². The van der Waals surface area contributed by atoms with Gasteiger partial charge in [0.1, 0.15) is 9.79 Å². The first-order chi connectivity index (χ1) is 20.1. The summed E-state index contributed by atoms with van der Waals surface area (Å²) in [5.74, 6) is 0. The molecule has 0 radical (unpaired) electrons. The van der Waals surface area contributed by atoms with Crippen LogP contribution in [0.15, 0.2) is 120 Å². The summed E-state index contributed by atoms with van der Waals surface area (Å²) in [5, 5.41) is 16.0. The van der Waals surface area contributed by atoms with E-state index in [2.05, 4.69) is 20.5 Å². The molecule has 4 aromatic rings. The molecule has 0 heterocycles. The fourth-order valence-electron chi connectivity index (χ4n) is 3.54. The number of nitrogens with two attached hydrogens (primary N) is 1. The second-order valence-electron chi connectivity index (χ2n) is 8.69. The van der Waals surface area contributed by atoms with Gasteiger partial charge in [0.25, 0.3) is 30.4 Å². The van der Waals surface area contributed by atoms with E-state index < -0.39 is 40.1 Å². The van der Waals surface area contributed by atoms with Gasteiger partial charge in [-0.05, 0) is 83.9 Å². The highest BCUT2D eigenvalue weighted by Crippen LogP contribution is 2.28. The molecule has 0 atom stereocenters. The summed E-state index contributed by atoms with van der Waals surface area (Å²) in [6.07, 6.45) is 2.47. The van der Waals surface area contributed by atoms with Crippen LogP contribution in [0.25, 0.3) is 12.2 Å². The van der Waals surface area contributed by atoms with Crippen LogP contribution in [0.2, 0.25) is 0 Å². The van der Waals surface area contributed by atoms with Crippen molar-refractivity contribution in [2.75, 3.05) is 5.73 Å². The van der Waals surface area contributed by atoms with Gasteiger partial charge in [-0.15, -0.1) is 0 Å². The van der Waals surface area contributed by atoms with Gasteiger partial charge >= 0.3 is 0 Å². The van der Waals surface area contributed by atoms with Crippen LogP contribution < -0.4 is 5.73 Å². The van der Waals surface area contributed by atoms with Crippen molar-refractivity contribution in [2.45, 2.75) is 14.7 Å². The van der Waals surface area contributed by atoms with Gasteiger partial charge in [0.2, 0.25) is 0 Å². The highest BCUT2D eigenvalue weighted by Gasteiger charge is 2.17. The maximum absolute atomic E-state index is 12.1. The van der Waals surface area contributed by atoms with E-state index in [1.54, 1.807) is 24.3 Å². The van der Waals surface area contributed by atoms with E-state index in [0.717, 1.165) is 12.1 Å². The molecule has 0 saturated carbocycles. The highest BCUT2D eigenvalue weighted by atomic mass is 32.2. The number of hydrogen-bond donors (Lipinski definition) is 4. The molecule has 0 aliphatic rings. The molecule has 5 N–H and O–H groups in total. The lowest BCUT2D eigenvalue weighted by Crippen LogP contribution is -2.02. The zero-order valence-corrected chi connectivity index (χ0v) is 24.1. The standard InChI is InChI=1S/C26H21N5O9S3/c27-19-5-3-17(25(15-19)42(35,36)37)1-2-18-4-6-23(16-26(18)43(38,39)40)31-30-21-9-7-20(8-10-21)28-29-22-11-13-24(14-12-22)41(32,33)34/h1-16H,27H2,(H,32,33,34)(H,35,36,37)(H,38,39,40)/b2-1+,29-28?,31-30?. The third-order valence-corrected chi connectivity index (χ3v) is 8.27. The average Bonchev–Trinajstić information content (AvgIpc) is 2.94. The van der Waals surface area contributed by atoms with Crippen LogP contribution in [0, 0.1) is 0 Å². The number of anilines is 1. The molecule has 4 rings (SSSR count). The van der Waals surface area contributed by atoms with Gasteiger partial charge in [-0.2, -0.15) is 45.7 Å². The fraction of sp³-hybridized carbons (Fsp3) is 0. The number of benzene rings is 4. The lowest BCUT2D eigenvalue weighted by atomic mass is 10.1. The van der Waals surface area contributed by atoms with Gasteiger partial charge in [0.05, 0.1) is 27.6 Å². The quantitative estimate of drug-likeness (QED) is 0.0716. The normalized spacial score (nSPS) is 12.9. The Labute approximate surface area is 246 Å². The van der Waals surface area contributed by atoms with Crippen molar-refractivity contribution in [1.82, 2.24) is 0 Å². The summed E-state index contributed by atoms with van der Waals surface area (Å²) >= 11 is 0. The van der Waals surface area contributed by atoms with Crippen LogP contribution in [-0.4, -0.2) is 38.9 Å². The van der Waals surface area contributed by atoms with Crippen molar-refractivity contribution >= 4 is 70.9 Å². The first-order valence-electron chi connectivity index (χ1n) is 11.8. The van der Waals surface area contributed by atoms with E-state index in [1.807, 2.05) is 0 Å². The van der Waals surface area contributed by atoms with E-state index >= 15 is 0 Å². The van der Waals surface area contributed by atoms with Crippen molar-refractivity contribution in [1.29, 1.82) is 0 Å².